The molecule has 2 N–H and O–H groups in total. The number of halogens is 1. The van der Waals surface area contributed by atoms with Crippen LogP contribution >= 0.6 is 15.9 Å². The van der Waals surface area contributed by atoms with Crippen molar-refractivity contribution in [3.63, 3.8) is 0 Å². The smallest absolute Gasteiger partial charge is 0.273 e. The number of carbonyl (C=O) groups is 1. The summed E-state index contributed by atoms with van der Waals surface area (Å²) in [7, 11) is 0. The van der Waals surface area contributed by atoms with Crippen molar-refractivity contribution in [3.8, 4) is 5.75 Å². The quantitative estimate of drug-likeness (QED) is 0.658. The van der Waals surface area contributed by atoms with Gasteiger partial charge < -0.3 is 10.4 Å². The van der Waals surface area contributed by atoms with E-state index in [4.69, 9.17) is 0 Å². The van der Waals surface area contributed by atoms with Crippen LogP contribution in [-0.2, 0) is 0 Å². The molecule has 1 rings (SSSR count). The van der Waals surface area contributed by atoms with Gasteiger partial charge in [-0.3, -0.25) is 9.79 Å². The van der Waals surface area contributed by atoms with Crippen molar-refractivity contribution in [1.29, 1.82) is 0 Å². The molecule has 5 nitrogen and oxygen atoms in total. The van der Waals surface area contributed by atoms with Gasteiger partial charge in [0.05, 0.1) is 0 Å². The molecule has 0 fully saturated rings. The summed E-state index contributed by atoms with van der Waals surface area (Å²) in [6.07, 6.45) is 1.47. The number of rotatable bonds is 4. The van der Waals surface area contributed by atoms with Gasteiger partial charge in [0.2, 0.25) is 0 Å². The molecule has 19 heavy (non-hydrogen) atoms. The van der Waals surface area contributed by atoms with Gasteiger partial charge in [-0.05, 0) is 29.6 Å². The predicted molar refractivity (Wildman–Crippen MR) is 82.3 cm³/mol. The first-order valence-corrected chi connectivity index (χ1v) is 6.65. The maximum absolute atomic E-state index is 11.6. The van der Waals surface area contributed by atoms with Gasteiger partial charge in [-0.15, -0.1) is 0 Å². The van der Waals surface area contributed by atoms with Crippen molar-refractivity contribution >= 4 is 40.3 Å². The number of nitrogens with one attached hydrogen (secondary N) is 1. The molecule has 0 spiro atoms. The average molecular weight is 328 g/mol. The summed E-state index contributed by atoms with van der Waals surface area (Å²) in [5.41, 5.74) is 0.584. The van der Waals surface area contributed by atoms with Gasteiger partial charge in [-0.1, -0.05) is 26.5 Å². The van der Waals surface area contributed by atoms with Crippen LogP contribution in [0, 0.1) is 0 Å². The van der Waals surface area contributed by atoms with E-state index in [9.17, 15) is 9.90 Å². The fourth-order valence-corrected chi connectivity index (χ4v) is 1.82. The van der Waals surface area contributed by atoms with Gasteiger partial charge in [0, 0.05) is 12.1 Å². The van der Waals surface area contributed by atoms with Gasteiger partial charge >= 0.3 is 0 Å². The van der Waals surface area contributed by atoms with Gasteiger partial charge in [-0.25, -0.2) is 4.98 Å². The highest BCUT2D eigenvalue weighted by molar-refractivity contribution is 9.10. The summed E-state index contributed by atoms with van der Waals surface area (Å²) in [5.74, 6) is -0.768. The maximum Gasteiger partial charge on any atom is 0.273 e. The summed E-state index contributed by atoms with van der Waals surface area (Å²) < 4.78 is 0.383. The summed E-state index contributed by atoms with van der Waals surface area (Å²) in [4.78, 5) is 19.3. The first kappa shape index (κ1) is 17.3. The fraction of sp³-hybridized carbons (Fsp3) is 0.308. The molecule has 0 aromatic carbocycles. The minimum atomic E-state index is -0.466. The van der Waals surface area contributed by atoms with E-state index in [0.717, 1.165) is 0 Å². The number of aromatic hydroxyl groups is 1. The van der Waals surface area contributed by atoms with Crippen molar-refractivity contribution in [3.05, 3.63) is 22.4 Å². The third kappa shape index (κ3) is 3.89. The van der Waals surface area contributed by atoms with Crippen LogP contribution in [0.5, 0.6) is 5.75 Å². The number of amides is 1. The predicted octanol–water partition coefficient (Wildman–Crippen LogP) is 3.30. The van der Waals surface area contributed by atoms with Gasteiger partial charge in [0.25, 0.3) is 5.91 Å². The minimum Gasteiger partial charge on any atom is -0.504 e. The molecule has 0 saturated heterocycles. The van der Waals surface area contributed by atoms with Crippen LogP contribution in [0.1, 0.15) is 36.8 Å². The summed E-state index contributed by atoms with van der Waals surface area (Å²) in [5, 5.41) is 12.4. The standard InChI is InChI=1S/C11H12BrN3O2.C2H6/c1-4-6-7(13-3)9(16)8(15-10(6)12)11(17)14-5-2;1-2/h4,16H,1,3,5H2,2H3,(H,14,17);1-2H3. The van der Waals surface area contributed by atoms with E-state index in [1.54, 1.807) is 6.92 Å². The van der Waals surface area contributed by atoms with Crippen molar-refractivity contribution in [2.45, 2.75) is 20.8 Å². The van der Waals surface area contributed by atoms with Crippen LogP contribution < -0.4 is 5.32 Å². The molecule has 6 heteroatoms. The van der Waals surface area contributed by atoms with Crippen LogP contribution in [0.2, 0.25) is 0 Å². The Morgan fingerprint density at radius 1 is 1.58 bits per heavy atom. The molecule has 1 amide bonds. The third-order valence-electron chi connectivity index (χ3n) is 2.05. The Morgan fingerprint density at radius 2 is 2.16 bits per heavy atom. The van der Waals surface area contributed by atoms with Crippen molar-refractivity contribution < 1.29 is 9.90 Å². The number of aliphatic imine (C=N–C) groups is 1. The second-order valence-corrected chi connectivity index (χ2v) is 3.83. The Kier molecular flexibility index (Phi) is 7.67. The highest BCUT2D eigenvalue weighted by Crippen LogP contribution is 2.37. The van der Waals surface area contributed by atoms with Gasteiger partial charge in [-0.2, -0.15) is 0 Å². The lowest BCUT2D eigenvalue weighted by molar-refractivity contribution is 0.0948. The fourth-order valence-electron chi connectivity index (χ4n) is 1.29. The molecule has 104 valence electrons. The zero-order valence-electron chi connectivity index (χ0n) is 11.3. The lowest BCUT2D eigenvalue weighted by Gasteiger charge is -2.10. The van der Waals surface area contributed by atoms with E-state index in [-0.39, 0.29) is 17.1 Å². The molecule has 0 atom stereocenters. The normalized spacial score (nSPS) is 9.05. The monoisotopic (exact) mass is 327 g/mol. The number of hydrogen-bond donors (Lipinski definition) is 2. The van der Waals surface area contributed by atoms with Crippen molar-refractivity contribution in [2.75, 3.05) is 6.54 Å². The average Bonchev–Trinajstić information content (AvgIpc) is 2.42. The summed E-state index contributed by atoms with van der Waals surface area (Å²) in [6, 6.07) is 0. The lowest BCUT2D eigenvalue weighted by atomic mass is 10.2. The molecule has 0 aliphatic rings. The second-order valence-electron chi connectivity index (χ2n) is 3.08. The van der Waals surface area contributed by atoms with E-state index in [1.807, 2.05) is 13.8 Å². The second kappa shape index (κ2) is 8.42. The molecule has 0 saturated carbocycles. The first-order valence-electron chi connectivity index (χ1n) is 5.86. The SMILES string of the molecule is C=Cc1c(Br)nc(C(=O)NCC)c(O)c1N=C.CC. The Balaban J connectivity index is 0.00000154. The summed E-state index contributed by atoms with van der Waals surface area (Å²) >= 11 is 3.19. The number of hydrogen-bond acceptors (Lipinski definition) is 4. The first-order chi connectivity index (χ1) is 9.06. The van der Waals surface area contributed by atoms with Gasteiger partial charge in [0.15, 0.2) is 11.4 Å². The third-order valence-corrected chi connectivity index (χ3v) is 2.66. The molecule has 0 bridgehead atoms. The molecule has 0 unspecified atom stereocenters. The number of aromatic nitrogens is 1. The van der Waals surface area contributed by atoms with E-state index < -0.39 is 5.91 Å². The number of pyridine rings is 1. The zero-order chi connectivity index (χ0) is 15.0. The van der Waals surface area contributed by atoms with E-state index in [1.165, 1.54) is 6.08 Å². The van der Waals surface area contributed by atoms with Crippen LogP contribution in [-0.4, -0.2) is 29.3 Å². The molecule has 0 aliphatic heterocycles. The minimum absolute atomic E-state index is 0.0910. The van der Waals surface area contributed by atoms with Crippen LogP contribution in [0.15, 0.2) is 16.2 Å². The Labute approximate surface area is 121 Å². The van der Waals surface area contributed by atoms with Crippen LogP contribution in [0.4, 0.5) is 5.69 Å². The molecular formula is C13H18BrN3O2. The van der Waals surface area contributed by atoms with E-state index in [2.05, 4.69) is 44.5 Å². The molecule has 0 radical (unpaired) electrons. The lowest BCUT2D eigenvalue weighted by Crippen LogP contribution is -2.24. The largest absolute Gasteiger partial charge is 0.504 e. The zero-order valence-corrected chi connectivity index (χ0v) is 12.9. The molecule has 1 aromatic heterocycles. The number of nitrogens with zero attached hydrogens (tertiary/aromatic N) is 2. The van der Waals surface area contributed by atoms with Crippen LogP contribution in [0.3, 0.4) is 0 Å². The molecule has 1 heterocycles. The number of carbonyl (C=O) groups excluding carboxylic acids is 1. The topological polar surface area (TPSA) is 74.6 Å². The van der Waals surface area contributed by atoms with E-state index >= 15 is 0 Å². The molecule has 1 aromatic rings. The molecule has 0 aliphatic carbocycles. The van der Waals surface area contributed by atoms with E-state index in [0.29, 0.717) is 16.7 Å². The maximum atomic E-state index is 11.6. The van der Waals surface area contributed by atoms with Gasteiger partial charge in [0.1, 0.15) is 10.3 Å². The van der Waals surface area contributed by atoms with Crippen molar-refractivity contribution in [1.82, 2.24) is 10.3 Å². The van der Waals surface area contributed by atoms with Crippen LogP contribution in [0.25, 0.3) is 6.08 Å². The molecular weight excluding hydrogens is 310 g/mol. The Bertz CT molecular complexity index is 487. The van der Waals surface area contributed by atoms with Crippen molar-refractivity contribution in [2.24, 2.45) is 4.99 Å². The summed E-state index contributed by atoms with van der Waals surface area (Å²) in [6.45, 7) is 13.1. The Hall–Kier alpha value is -1.69. The Morgan fingerprint density at radius 3 is 2.58 bits per heavy atom. The highest BCUT2D eigenvalue weighted by Gasteiger charge is 2.20. The highest BCUT2D eigenvalue weighted by atomic mass is 79.9.